The van der Waals surface area contributed by atoms with Crippen LogP contribution in [-0.4, -0.2) is 71.7 Å². The Hall–Kier alpha value is -1.89. The molecule has 6 nitrogen and oxygen atoms in total. The van der Waals surface area contributed by atoms with Gasteiger partial charge in [0.15, 0.2) is 0 Å². The zero-order chi connectivity index (χ0) is 17.2. The highest BCUT2D eigenvalue weighted by Gasteiger charge is 2.34. The van der Waals surface area contributed by atoms with Gasteiger partial charge in [0.25, 0.3) is 0 Å². The van der Waals surface area contributed by atoms with Crippen molar-refractivity contribution in [3.8, 4) is 0 Å². The molecule has 0 aliphatic carbocycles. The lowest BCUT2D eigenvalue weighted by Gasteiger charge is -2.48. The van der Waals surface area contributed by atoms with Crippen molar-refractivity contribution in [1.29, 1.82) is 0 Å². The van der Waals surface area contributed by atoms with Gasteiger partial charge in [0.1, 0.15) is 23.4 Å². The highest BCUT2D eigenvalue weighted by atomic mass is 16.4. The summed E-state index contributed by atoms with van der Waals surface area (Å²) in [5, 5.41) is 10.3. The molecule has 2 aromatic heterocycles. The van der Waals surface area contributed by atoms with E-state index < -0.39 is 6.10 Å². The number of pyridine rings is 1. The normalized spacial score (nSPS) is 21.3. The minimum Gasteiger partial charge on any atom is -0.464 e. The second kappa shape index (κ2) is 7.15. The number of likely N-dealkylation sites (tertiary alicyclic amines) is 1. The third-order valence-corrected chi connectivity index (χ3v) is 5.26. The van der Waals surface area contributed by atoms with E-state index in [0.717, 1.165) is 50.8 Å². The van der Waals surface area contributed by atoms with Crippen LogP contribution >= 0.6 is 0 Å². The van der Waals surface area contributed by atoms with Gasteiger partial charge in [0, 0.05) is 58.1 Å². The van der Waals surface area contributed by atoms with E-state index in [4.69, 9.17) is 4.42 Å². The summed E-state index contributed by atoms with van der Waals surface area (Å²) in [6.45, 7) is 8.83. The van der Waals surface area contributed by atoms with Crippen molar-refractivity contribution in [3.63, 3.8) is 0 Å². The number of β-amino-alcohol motifs (C(OH)–C–C–N with tert-alkyl or cyclic N) is 1. The average molecular weight is 342 g/mol. The van der Waals surface area contributed by atoms with Gasteiger partial charge in [0.05, 0.1) is 0 Å². The number of rotatable bonds is 5. The molecule has 1 N–H and O–H groups in total. The number of hydrogen-bond donors (Lipinski definition) is 1. The van der Waals surface area contributed by atoms with E-state index in [1.807, 2.05) is 37.4 Å². The highest BCUT2D eigenvalue weighted by molar-refractivity contribution is 5.38. The summed E-state index contributed by atoms with van der Waals surface area (Å²) in [4.78, 5) is 11.7. The lowest BCUT2D eigenvalue weighted by atomic mass is 10.0. The number of aromatic nitrogens is 1. The molecule has 0 saturated carbocycles. The summed E-state index contributed by atoms with van der Waals surface area (Å²) < 4.78 is 5.51. The van der Waals surface area contributed by atoms with E-state index >= 15 is 0 Å². The molecular formula is C19H26N4O2. The van der Waals surface area contributed by atoms with Gasteiger partial charge in [-0.25, -0.2) is 4.98 Å². The van der Waals surface area contributed by atoms with Gasteiger partial charge in [0.2, 0.25) is 0 Å². The molecule has 4 heterocycles. The molecule has 0 spiro atoms. The maximum absolute atomic E-state index is 10.3. The second-order valence-corrected chi connectivity index (χ2v) is 7.05. The number of aryl methyl sites for hydroxylation is 1. The van der Waals surface area contributed by atoms with Crippen molar-refractivity contribution in [2.24, 2.45) is 0 Å². The Morgan fingerprint density at radius 2 is 1.96 bits per heavy atom. The van der Waals surface area contributed by atoms with Gasteiger partial charge in [-0.2, -0.15) is 0 Å². The molecule has 0 amide bonds. The van der Waals surface area contributed by atoms with Crippen LogP contribution in [-0.2, 0) is 0 Å². The van der Waals surface area contributed by atoms with Gasteiger partial charge in [-0.1, -0.05) is 6.07 Å². The third-order valence-electron chi connectivity index (χ3n) is 5.26. The Bertz CT molecular complexity index is 676. The molecule has 0 radical (unpaired) electrons. The van der Waals surface area contributed by atoms with E-state index in [9.17, 15) is 5.11 Å². The Kier molecular flexibility index (Phi) is 4.74. The van der Waals surface area contributed by atoms with Gasteiger partial charge in [-0.05, 0) is 31.2 Å². The maximum Gasteiger partial charge on any atom is 0.133 e. The Morgan fingerprint density at radius 1 is 1.16 bits per heavy atom. The van der Waals surface area contributed by atoms with Crippen LogP contribution in [0, 0.1) is 6.92 Å². The molecule has 2 fully saturated rings. The lowest BCUT2D eigenvalue weighted by molar-refractivity contribution is -0.00358. The van der Waals surface area contributed by atoms with Crippen LogP contribution in [0.4, 0.5) is 5.82 Å². The molecule has 2 saturated heterocycles. The first-order chi connectivity index (χ1) is 12.2. The first-order valence-electron chi connectivity index (χ1n) is 9.06. The lowest BCUT2D eigenvalue weighted by Crippen LogP contribution is -2.63. The predicted molar refractivity (Wildman–Crippen MR) is 96.7 cm³/mol. The summed E-state index contributed by atoms with van der Waals surface area (Å²) in [6, 6.07) is 10.5. The monoisotopic (exact) mass is 342 g/mol. The second-order valence-electron chi connectivity index (χ2n) is 7.05. The number of aliphatic hydroxyl groups is 1. The Morgan fingerprint density at radius 3 is 2.60 bits per heavy atom. The molecule has 2 aromatic rings. The van der Waals surface area contributed by atoms with Crippen molar-refractivity contribution in [1.82, 2.24) is 14.8 Å². The van der Waals surface area contributed by atoms with Crippen LogP contribution in [0.2, 0.25) is 0 Å². The summed E-state index contributed by atoms with van der Waals surface area (Å²) >= 11 is 0. The Labute approximate surface area is 148 Å². The molecule has 1 atom stereocenters. The van der Waals surface area contributed by atoms with Crippen molar-refractivity contribution >= 4 is 5.82 Å². The molecule has 2 aliphatic heterocycles. The quantitative estimate of drug-likeness (QED) is 0.889. The summed E-state index contributed by atoms with van der Waals surface area (Å²) in [6.07, 6.45) is 1.33. The summed E-state index contributed by atoms with van der Waals surface area (Å²) in [5.74, 6) is 2.60. The zero-order valence-electron chi connectivity index (χ0n) is 14.7. The smallest absolute Gasteiger partial charge is 0.133 e. The largest absolute Gasteiger partial charge is 0.464 e. The van der Waals surface area contributed by atoms with Crippen LogP contribution in [0.25, 0.3) is 0 Å². The van der Waals surface area contributed by atoms with Crippen molar-refractivity contribution in [3.05, 3.63) is 48.0 Å². The van der Waals surface area contributed by atoms with Gasteiger partial charge < -0.3 is 14.4 Å². The number of furan rings is 1. The van der Waals surface area contributed by atoms with E-state index in [2.05, 4.69) is 25.8 Å². The molecule has 6 heteroatoms. The molecule has 2 aliphatic rings. The van der Waals surface area contributed by atoms with Crippen molar-refractivity contribution < 1.29 is 9.52 Å². The molecule has 25 heavy (non-hydrogen) atoms. The van der Waals surface area contributed by atoms with Gasteiger partial charge in [-0.15, -0.1) is 0 Å². The number of nitrogens with zero attached hydrogens (tertiary/aromatic N) is 4. The highest BCUT2D eigenvalue weighted by Crippen LogP contribution is 2.23. The SMILES string of the molecule is Cc1ccc(C(O)CN2CC(N3CCN(c4ccccn4)CC3)C2)o1. The summed E-state index contributed by atoms with van der Waals surface area (Å²) in [5.41, 5.74) is 0. The maximum atomic E-state index is 10.3. The minimum atomic E-state index is -0.532. The van der Waals surface area contributed by atoms with Gasteiger partial charge in [-0.3, -0.25) is 9.80 Å². The molecular weight excluding hydrogens is 316 g/mol. The fourth-order valence-electron chi connectivity index (χ4n) is 3.75. The standard InChI is InChI=1S/C19H26N4O2/c1-15-5-6-18(25-15)17(24)14-21-12-16(13-21)22-8-10-23(11-9-22)19-4-2-3-7-20-19/h2-7,16-17,24H,8-14H2,1H3. The summed E-state index contributed by atoms with van der Waals surface area (Å²) in [7, 11) is 0. The van der Waals surface area contributed by atoms with Crippen molar-refractivity contribution in [2.45, 2.75) is 19.1 Å². The number of aliphatic hydroxyl groups excluding tert-OH is 1. The molecule has 1 unspecified atom stereocenters. The number of hydrogen-bond acceptors (Lipinski definition) is 6. The van der Waals surface area contributed by atoms with Crippen LogP contribution < -0.4 is 4.90 Å². The molecule has 4 rings (SSSR count). The minimum absolute atomic E-state index is 0.532. The van der Waals surface area contributed by atoms with Crippen LogP contribution in [0.15, 0.2) is 40.9 Å². The third kappa shape index (κ3) is 3.71. The zero-order valence-corrected chi connectivity index (χ0v) is 14.7. The number of anilines is 1. The fourth-order valence-corrected chi connectivity index (χ4v) is 3.75. The van der Waals surface area contributed by atoms with Crippen LogP contribution in [0.1, 0.15) is 17.6 Å². The first kappa shape index (κ1) is 16.6. The fraction of sp³-hybridized carbons (Fsp3) is 0.526. The van der Waals surface area contributed by atoms with E-state index in [1.165, 1.54) is 0 Å². The average Bonchev–Trinajstić information content (AvgIpc) is 3.05. The molecule has 0 bridgehead atoms. The Balaban J connectivity index is 1.21. The molecule has 0 aromatic carbocycles. The first-order valence-corrected chi connectivity index (χ1v) is 9.06. The van der Waals surface area contributed by atoms with Crippen LogP contribution in [0.3, 0.4) is 0 Å². The van der Waals surface area contributed by atoms with E-state index in [1.54, 1.807) is 0 Å². The van der Waals surface area contributed by atoms with Gasteiger partial charge >= 0.3 is 0 Å². The van der Waals surface area contributed by atoms with E-state index in [0.29, 0.717) is 18.3 Å². The van der Waals surface area contributed by atoms with Crippen molar-refractivity contribution in [2.75, 3.05) is 50.7 Å². The molecule has 134 valence electrons. The topological polar surface area (TPSA) is 56.0 Å². The van der Waals surface area contributed by atoms with E-state index in [-0.39, 0.29) is 0 Å². The predicted octanol–water partition coefficient (Wildman–Crippen LogP) is 1.52. The number of piperazine rings is 1. The van der Waals surface area contributed by atoms with Crippen LogP contribution in [0.5, 0.6) is 0 Å².